The van der Waals surface area contributed by atoms with Crippen LogP contribution in [0.25, 0.3) is 11.1 Å². The van der Waals surface area contributed by atoms with E-state index in [1.807, 2.05) is 32.9 Å². The summed E-state index contributed by atoms with van der Waals surface area (Å²) in [5.74, 6) is 0.831. The van der Waals surface area contributed by atoms with Crippen LogP contribution in [0.1, 0.15) is 44.7 Å². The zero-order chi connectivity index (χ0) is 22.6. The van der Waals surface area contributed by atoms with Crippen LogP contribution in [-0.2, 0) is 11.2 Å². The van der Waals surface area contributed by atoms with Crippen LogP contribution < -0.4 is 4.74 Å². The largest absolute Gasteiger partial charge is 0.491 e. The van der Waals surface area contributed by atoms with E-state index in [4.69, 9.17) is 9.47 Å². The molecule has 1 saturated heterocycles. The number of carbonyl (C=O) groups is 1. The lowest BCUT2D eigenvalue weighted by Crippen LogP contribution is -2.42. The molecule has 32 heavy (non-hydrogen) atoms. The highest BCUT2D eigenvalue weighted by Gasteiger charge is 2.32. The van der Waals surface area contributed by atoms with Gasteiger partial charge in [-0.3, -0.25) is 0 Å². The van der Waals surface area contributed by atoms with Crippen molar-refractivity contribution in [1.82, 2.24) is 4.90 Å². The lowest BCUT2D eigenvalue weighted by molar-refractivity contribution is 0.0187. The number of benzene rings is 2. The molecule has 0 N–H and O–H groups in total. The van der Waals surface area contributed by atoms with E-state index in [0.29, 0.717) is 6.61 Å². The van der Waals surface area contributed by atoms with Crippen LogP contribution in [-0.4, -0.2) is 35.8 Å². The number of hydrogen-bond donors (Lipinski definition) is 0. The molecule has 2 aromatic carbocycles. The van der Waals surface area contributed by atoms with Gasteiger partial charge in [0.2, 0.25) is 0 Å². The minimum atomic E-state index is -0.481. The number of carbonyl (C=O) groups excluding carboxylic acids is 1. The Morgan fingerprint density at radius 2 is 1.69 bits per heavy atom. The van der Waals surface area contributed by atoms with Crippen molar-refractivity contribution in [3.63, 3.8) is 0 Å². The number of ether oxygens (including phenoxy) is 2. The first-order chi connectivity index (χ1) is 15.4. The van der Waals surface area contributed by atoms with Crippen molar-refractivity contribution in [1.29, 1.82) is 0 Å². The van der Waals surface area contributed by atoms with Crippen molar-refractivity contribution >= 4 is 17.4 Å². The molecular weight excluding hydrogens is 418 g/mol. The van der Waals surface area contributed by atoms with Crippen LogP contribution >= 0.6 is 11.3 Å². The van der Waals surface area contributed by atoms with E-state index in [-0.39, 0.29) is 12.1 Å². The molecule has 0 aliphatic carbocycles. The number of thiophene rings is 1. The van der Waals surface area contributed by atoms with Crippen LogP contribution in [0.4, 0.5) is 4.79 Å². The standard InChI is InChI=1S/C27H31NO3S/c1-27(2,3)31-26(29)28-15-4-5-24(28)18-30-25-12-8-21(9-13-25)17-20-6-10-22(11-7-20)23-14-16-32-19-23/h6-14,16,19,24H,4-5,15,17-18H2,1-3H3/t24-/m1/s1. The van der Waals surface area contributed by atoms with Crippen molar-refractivity contribution in [2.24, 2.45) is 0 Å². The molecule has 0 unspecified atom stereocenters. The molecular formula is C27H31NO3S. The number of nitrogens with zero attached hydrogens (tertiary/aromatic N) is 1. The minimum absolute atomic E-state index is 0.0614. The quantitative estimate of drug-likeness (QED) is 0.416. The minimum Gasteiger partial charge on any atom is -0.491 e. The van der Waals surface area contributed by atoms with E-state index in [9.17, 15) is 4.79 Å². The zero-order valence-electron chi connectivity index (χ0n) is 19.0. The number of hydrogen-bond acceptors (Lipinski definition) is 4. The lowest BCUT2D eigenvalue weighted by atomic mass is 10.0. The molecule has 0 radical (unpaired) electrons. The maximum Gasteiger partial charge on any atom is 0.410 e. The van der Waals surface area contributed by atoms with Crippen molar-refractivity contribution in [2.75, 3.05) is 13.2 Å². The normalized spacial score (nSPS) is 16.2. The molecule has 1 atom stereocenters. The van der Waals surface area contributed by atoms with Crippen molar-refractivity contribution in [2.45, 2.75) is 51.7 Å². The van der Waals surface area contributed by atoms with Gasteiger partial charge in [-0.25, -0.2) is 4.79 Å². The second-order valence-electron chi connectivity index (χ2n) is 9.31. The van der Waals surface area contributed by atoms with Crippen LogP contribution in [0.5, 0.6) is 5.75 Å². The van der Waals surface area contributed by atoms with Gasteiger partial charge in [-0.15, -0.1) is 0 Å². The zero-order valence-corrected chi connectivity index (χ0v) is 19.9. The van der Waals surface area contributed by atoms with Crippen LogP contribution in [0.3, 0.4) is 0 Å². The van der Waals surface area contributed by atoms with Gasteiger partial charge in [0.05, 0.1) is 6.04 Å². The fraction of sp³-hybridized carbons (Fsp3) is 0.370. The van der Waals surface area contributed by atoms with Crippen LogP contribution in [0, 0.1) is 0 Å². The molecule has 4 nitrogen and oxygen atoms in total. The van der Waals surface area contributed by atoms with Crippen molar-refractivity contribution in [3.8, 4) is 16.9 Å². The summed E-state index contributed by atoms with van der Waals surface area (Å²) in [7, 11) is 0. The van der Waals surface area contributed by atoms with Gasteiger partial charge in [-0.2, -0.15) is 11.3 Å². The topological polar surface area (TPSA) is 38.8 Å². The summed E-state index contributed by atoms with van der Waals surface area (Å²) >= 11 is 1.72. The Kier molecular flexibility index (Phi) is 6.85. The summed E-state index contributed by atoms with van der Waals surface area (Å²) in [5, 5.41) is 4.28. The third-order valence-electron chi connectivity index (χ3n) is 5.59. The fourth-order valence-corrected chi connectivity index (χ4v) is 4.61. The third-order valence-corrected chi connectivity index (χ3v) is 6.27. The van der Waals surface area contributed by atoms with E-state index in [1.54, 1.807) is 16.2 Å². The molecule has 1 fully saturated rings. The molecule has 168 valence electrons. The predicted molar refractivity (Wildman–Crippen MR) is 130 cm³/mol. The molecule has 0 bridgehead atoms. The highest BCUT2D eigenvalue weighted by Crippen LogP contribution is 2.25. The maximum atomic E-state index is 12.4. The SMILES string of the molecule is CC(C)(C)OC(=O)N1CCC[C@@H]1COc1ccc(Cc2ccc(-c3ccsc3)cc2)cc1. The Bertz CT molecular complexity index is 1000. The smallest absolute Gasteiger partial charge is 0.410 e. The predicted octanol–water partition coefficient (Wildman–Crippen LogP) is 6.78. The first kappa shape index (κ1) is 22.4. The van der Waals surface area contributed by atoms with Crippen molar-refractivity contribution < 1.29 is 14.3 Å². The average Bonchev–Trinajstić information content (AvgIpc) is 3.45. The van der Waals surface area contributed by atoms with Gasteiger partial charge in [0.15, 0.2) is 0 Å². The highest BCUT2D eigenvalue weighted by atomic mass is 32.1. The molecule has 2 heterocycles. The first-order valence-corrected chi connectivity index (χ1v) is 12.1. The average molecular weight is 450 g/mol. The molecule has 0 spiro atoms. The Morgan fingerprint density at radius 1 is 1.00 bits per heavy atom. The van der Waals surface area contributed by atoms with Gasteiger partial charge in [0, 0.05) is 6.54 Å². The summed E-state index contributed by atoms with van der Waals surface area (Å²) in [6.07, 6.45) is 2.57. The Balaban J connectivity index is 1.30. The van der Waals surface area contributed by atoms with Crippen LogP contribution in [0.15, 0.2) is 65.4 Å². The first-order valence-electron chi connectivity index (χ1n) is 11.2. The van der Waals surface area contributed by atoms with Gasteiger partial charge >= 0.3 is 6.09 Å². The lowest BCUT2D eigenvalue weighted by Gasteiger charge is -2.28. The van der Waals surface area contributed by atoms with Crippen molar-refractivity contribution in [3.05, 3.63) is 76.5 Å². The van der Waals surface area contributed by atoms with E-state index in [2.05, 4.69) is 53.2 Å². The molecule has 0 saturated carbocycles. The Hall–Kier alpha value is -2.79. The summed E-state index contributed by atoms with van der Waals surface area (Å²) in [4.78, 5) is 14.2. The number of likely N-dealkylation sites (tertiary alicyclic amines) is 1. The van der Waals surface area contributed by atoms with Gasteiger partial charge < -0.3 is 14.4 Å². The second-order valence-corrected chi connectivity index (χ2v) is 10.1. The summed E-state index contributed by atoms with van der Waals surface area (Å²) in [6.45, 7) is 6.90. The van der Waals surface area contributed by atoms with Crippen LogP contribution in [0.2, 0.25) is 0 Å². The highest BCUT2D eigenvalue weighted by molar-refractivity contribution is 7.08. The van der Waals surface area contributed by atoms with E-state index < -0.39 is 5.60 Å². The van der Waals surface area contributed by atoms with Gasteiger partial charge in [-0.05, 0) is 91.2 Å². The summed E-state index contributed by atoms with van der Waals surface area (Å²) < 4.78 is 11.6. The molecule has 1 aromatic heterocycles. The van der Waals surface area contributed by atoms with E-state index >= 15 is 0 Å². The maximum absolute atomic E-state index is 12.4. The van der Waals surface area contributed by atoms with Gasteiger partial charge in [0.1, 0.15) is 18.0 Å². The molecule has 1 aliphatic heterocycles. The molecule has 1 aliphatic rings. The second kappa shape index (κ2) is 9.78. The Labute approximate surface area is 194 Å². The van der Waals surface area contributed by atoms with E-state index in [0.717, 1.165) is 31.6 Å². The number of rotatable bonds is 6. The fourth-order valence-electron chi connectivity index (χ4n) is 3.95. The molecule has 5 heteroatoms. The molecule has 3 aromatic rings. The summed E-state index contributed by atoms with van der Waals surface area (Å²) in [6, 6.07) is 19.2. The van der Waals surface area contributed by atoms with Gasteiger partial charge in [-0.1, -0.05) is 36.4 Å². The molecule has 4 rings (SSSR count). The van der Waals surface area contributed by atoms with E-state index in [1.165, 1.54) is 22.3 Å². The third kappa shape index (κ3) is 5.92. The molecule has 1 amide bonds. The summed E-state index contributed by atoms with van der Waals surface area (Å²) in [5.41, 5.74) is 4.58. The monoisotopic (exact) mass is 449 g/mol. The Morgan fingerprint density at radius 3 is 2.31 bits per heavy atom. The van der Waals surface area contributed by atoms with Gasteiger partial charge in [0.25, 0.3) is 0 Å². The number of amides is 1.